The lowest BCUT2D eigenvalue weighted by Crippen LogP contribution is -1.89. The molecule has 4 rings (SSSR count). The Labute approximate surface area is 148 Å². The van der Waals surface area contributed by atoms with E-state index in [4.69, 9.17) is 0 Å². The van der Waals surface area contributed by atoms with Crippen molar-refractivity contribution >= 4 is 45.7 Å². The largest absolute Gasteiger partial charge is 0.506 e. The zero-order valence-electron chi connectivity index (χ0n) is 13.4. The van der Waals surface area contributed by atoms with Crippen LogP contribution in [-0.4, -0.2) is 21.4 Å². The quantitative estimate of drug-likeness (QED) is 0.590. The van der Waals surface area contributed by atoms with E-state index < -0.39 is 0 Å². The molecule has 2 heterocycles. The lowest BCUT2D eigenvalue weighted by atomic mass is 10.1. The molecule has 0 aliphatic carbocycles. The molecule has 124 valence electrons. The maximum atomic E-state index is 10.1. The molecule has 1 aliphatic heterocycles. The summed E-state index contributed by atoms with van der Waals surface area (Å²) in [5.74, 6) is 0.0934. The molecule has 3 aromatic rings. The second-order valence-electron chi connectivity index (χ2n) is 5.73. The molecular formula is C19H15N3O2S. The molecule has 3 N–H and O–H groups in total. The van der Waals surface area contributed by atoms with Crippen molar-refractivity contribution in [3.8, 4) is 11.6 Å². The molecule has 0 fully saturated rings. The number of aromatic nitrogens is 1. The van der Waals surface area contributed by atoms with Gasteiger partial charge in [-0.1, -0.05) is 35.6 Å². The summed E-state index contributed by atoms with van der Waals surface area (Å²) in [6.45, 7) is 1.91. The molecular weight excluding hydrogens is 334 g/mol. The number of fused-ring (bicyclic) bond motifs is 1. The van der Waals surface area contributed by atoms with Crippen molar-refractivity contribution in [2.45, 2.75) is 6.92 Å². The number of benzene rings is 2. The van der Waals surface area contributed by atoms with Crippen molar-refractivity contribution in [3.05, 3.63) is 58.5 Å². The summed E-state index contributed by atoms with van der Waals surface area (Å²) in [6, 6.07) is 13.2. The molecule has 0 saturated heterocycles. The minimum absolute atomic E-state index is 0.0515. The number of nitrogens with one attached hydrogen (secondary N) is 1. The van der Waals surface area contributed by atoms with Crippen molar-refractivity contribution in [3.63, 3.8) is 0 Å². The number of thiazole rings is 1. The van der Waals surface area contributed by atoms with E-state index in [9.17, 15) is 10.2 Å². The summed E-state index contributed by atoms with van der Waals surface area (Å²) in [6.07, 6.45) is 3.64. The van der Waals surface area contributed by atoms with Crippen LogP contribution in [0, 0.1) is 6.92 Å². The molecule has 0 radical (unpaired) electrons. The first-order valence-electron chi connectivity index (χ1n) is 7.72. The van der Waals surface area contributed by atoms with Crippen LogP contribution >= 0.6 is 11.3 Å². The number of aliphatic imine (C=N–C) groups is 1. The van der Waals surface area contributed by atoms with Gasteiger partial charge in [-0.3, -0.25) is 4.99 Å². The van der Waals surface area contributed by atoms with Crippen LogP contribution in [0.3, 0.4) is 0 Å². The smallest absolute Gasteiger partial charge is 0.231 e. The fourth-order valence-electron chi connectivity index (χ4n) is 2.63. The van der Waals surface area contributed by atoms with Gasteiger partial charge in [0.05, 0.1) is 16.3 Å². The third-order valence-corrected chi connectivity index (χ3v) is 4.78. The van der Waals surface area contributed by atoms with Crippen LogP contribution in [0.2, 0.25) is 0 Å². The van der Waals surface area contributed by atoms with E-state index in [0.717, 1.165) is 22.4 Å². The minimum Gasteiger partial charge on any atom is -0.506 e. The standard InChI is InChI=1S/C19H15N3O2S/c1-11-6-7-15(16(23)8-11)21-19-22-18(24)17(25-19)9-12-10-20-14-5-3-2-4-13(12)14/h2-10,23-24H,1H3,(H,21,22)/b12-9+. The Balaban J connectivity index is 1.63. The number of phenols is 1. The summed E-state index contributed by atoms with van der Waals surface area (Å²) in [4.78, 5) is 9.12. The highest BCUT2D eigenvalue weighted by molar-refractivity contribution is 7.16. The second-order valence-corrected chi connectivity index (χ2v) is 6.76. The average molecular weight is 349 g/mol. The van der Waals surface area contributed by atoms with Crippen LogP contribution in [0.5, 0.6) is 11.6 Å². The molecule has 0 amide bonds. The Morgan fingerprint density at radius 3 is 2.80 bits per heavy atom. The SMILES string of the molecule is Cc1ccc(Nc2nc(O)c(/C=C3\C=Nc4ccccc43)s2)c(O)c1. The van der Waals surface area contributed by atoms with E-state index in [0.29, 0.717) is 15.7 Å². The number of aromatic hydroxyl groups is 2. The Kier molecular flexibility index (Phi) is 3.74. The van der Waals surface area contributed by atoms with Gasteiger partial charge in [0.2, 0.25) is 5.88 Å². The molecule has 0 unspecified atom stereocenters. The maximum absolute atomic E-state index is 10.1. The molecule has 25 heavy (non-hydrogen) atoms. The van der Waals surface area contributed by atoms with Crippen LogP contribution in [0.4, 0.5) is 16.5 Å². The summed E-state index contributed by atoms with van der Waals surface area (Å²) in [5.41, 5.74) is 4.39. The van der Waals surface area contributed by atoms with Gasteiger partial charge >= 0.3 is 0 Å². The first-order chi connectivity index (χ1) is 12.1. The Morgan fingerprint density at radius 2 is 1.96 bits per heavy atom. The number of rotatable bonds is 3. The molecule has 1 aromatic heterocycles. The number of anilines is 2. The number of hydrogen-bond donors (Lipinski definition) is 3. The molecule has 0 bridgehead atoms. The van der Waals surface area contributed by atoms with Gasteiger partial charge < -0.3 is 15.5 Å². The fourth-order valence-corrected chi connectivity index (χ4v) is 3.45. The first-order valence-corrected chi connectivity index (χ1v) is 8.53. The van der Waals surface area contributed by atoms with E-state index in [2.05, 4.69) is 15.3 Å². The lowest BCUT2D eigenvalue weighted by Gasteiger charge is -2.05. The van der Waals surface area contributed by atoms with Crippen LogP contribution in [0.25, 0.3) is 11.6 Å². The molecule has 5 nitrogen and oxygen atoms in total. The van der Waals surface area contributed by atoms with Gasteiger partial charge in [0, 0.05) is 17.4 Å². The molecule has 1 aliphatic rings. The van der Waals surface area contributed by atoms with E-state index in [1.807, 2.05) is 43.3 Å². The third-order valence-electron chi connectivity index (χ3n) is 3.87. The van der Waals surface area contributed by atoms with Crippen LogP contribution in [0.1, 0.15) is 16.0 Å². The van der Waals surface area contributed by atoms with Gasteiger partial charge in [-0.2, -0.15) is 4.98 Å². The van der Waals surface area contributed by atoms with E-state index in [1.54, 1.807) is 18.3 Å². The Bertz CT molecular complexity index is 1020. The Morgan fingerprint density at radius 1 is 1.12 bits per heavy atom. The van der Waals surface area contributed by atoms with Crippen molar-refractivity contribution < 1.29 is 10.2 Å². The van der Waals surface area contributed by atoms with Crippen molar-refractivity contribution in [1.82, 2.24) is 4.98 Å². The first kappa shape index (κ1) is 15.4. The number of para-hydroxylation sites is 1. The van der Waals surface area contributed by atoms with Crippen LogP contribution < -0.4 is 5.32 Å². The third kappa shape index (κ3) is 2.99. The van der Waals surface area contributed by atoms with Crippen molar-refractivity contribution in [2.24, 2.45) is 4.99 Å². The number of allylic oxidation sites excluding steroid dienone is 1. The number of hydrogen-bond acceptors (Lipinski definition) is 6. The summed E-state index contributed by atoms with van der Waals surface area (Å²) in [5, 5.41) is 23.7. The highest BCUT2D eigenvalue weighted by Crippen LogP contribution is 2.38. The summed E-state index contributed by atoms with van der Waals surface area (Å²) in [7, 11) is 0. The maximum Gasteiger partial charge on any atom is 0.231 e. The number of aryl methyl sites for hydroxylation is 1. The van der Waals surface area contributed by atoms with Crippen LogP contribution in [0.15, 0.2) is 47.5 Å². The van der Waals surface area contributed by atoms with Gasteiger partial charge in [0.25, 0.3) is 0 Å². The Hall–Kier alpha value is -3.12. The lowest BCUT2D eigenvalue weighted by molar-refractivity contribution is 0.456. The summed E-state index contributed by atoms with van der Waals surface area (Å²) < 4.78 is 0. The van der Waals surface area contributed by atoms with Gasteiger partial charge in [0.1, 0.15) is 5.75 Å². The van der Waals surface area contributed by atoms with Gasteiger partial charge in [-0.05, 0) is 36.8 Å². The molecule has 2 aromatic carbocycles. The van der Waals surface area contributed by atoms with E-state index in [1.165, 1.54) is 11.3 Å². The monoisotopic (exact) mass is 349 g/mol. The van der Waals surface area contributed by atoms with Crippen LogP contribution in [-0.2, 0) is 0 Å². The zero-order valence-corrected chi connectivity index (χ0v) is 14.2. The molecule has 6 heteroatoms. The molecule has 0 atom stereocenters. The number of nitrogens with zero attached hydrogens (tertiary/aromatic N) is 2. The molecule has 0 saturated carbocycles. The summed E-state index contributed by atoms with van der Waals surface area (Å²) >= 11 is 1.31. The fraction of sp³-hybridized carbons (Fsp3) is 0.0526. The predicted molar refractivity (Wildman–Crippen MR) is 102 cm³/mol. The van der Waals surface area contributed by atoms with Gasteiger partial charge in [-0.15, -0.1) is 0 Å². The van der Waals surface area contributed by atoms with Crippen molar-refractivity contribution in [2.75, 3.05) is 5.32 Å². The number of phenolic OH excluding ortho intramolecular Hbond substituents is 1. The van der Waals surface area contributed by atoms with Gasteiger partial charge in [-0.25, -0.2) is 0 Å². The van der Waals surface area contributed by atoms with E-state index >= 15 is 0 Å². The average Bonchev–Trinajstić information content (AvgIpc) is 3.15. The van der Waals surface area contributed by atoms with Crippen molar-refractivity contribution in [1.29, 1.82) is 0 Å². The second kappa shape index (κ2) is 6.07. The predicted octanol–water partition coefficient (Wildman–Crippen LogP) is 4.86. The van der Waals surface area contributed by atoms with Gasteiger partial charge in [0.15, 0.2) is 5.13 Å². The highest BCUT2D eigenvalue weighted by Gasteiger charge is 2.15. The van der Waals surface area contributed by atoms with E-state index in [-0.39, 0.29) is 11.6 Å². The minimum atomic E-state index is -0.0515. The molecule has 0 spiro atoms. The highest BCUT2D eigenvalue weighted by atomic mass is 32.1. The topological polar surface area (TPSA) is 77.7 Å². The zero-order chi connectivity index (χ0) is 17.4. The normalized spacial score (nSPS) is 14.0.